The van der Waals surface area contributed by atoms with E-state index in [-0.39, 0.29) is 0 Å². The van der Waals surface area contributed by atoms with Crippen LogP contribution in [-0.4, -0.2) is 23.1 Å². The summed E-state index contributed by atoms with van der Waals surface area (Å²) in [5, 5.41) is 0. The van der Waals surface area contributed by atoms with Gasteiger partial charge in [0.2, 0.25) is 5.95 Å². The van der Waals surface area contributed by atoms with Gasteiger partial charge in [0, 0.05) is 25.5 Å². The predicted octanol–water partition coefficient (Wildman–Crippen LogP) is 2.64. The molecule has 0 aliphatic heterocycles. The molecule has 0 aliphatic carbocycles. The number of aromatic nitrogens is 2. The first kappa shape index (κ1) is 11.2. The Morgan fingerprint density at radius 3 is 2.50 bits per heavy atom. The summed E-state index contributed by atoms with van der Waals surface area (Å²) in [6.07, 6.45) is 3.51. The highest BCUT2D eigenvalue weighted by Gasteiger charge is 2.06. The van der Waals surface area contributed by atoms with Crippen molar-refractivity contribution in [2.24, 2.45) is 0 Å². The molecule has 0 aliphatic rings. The summed E-state index contributed by atoms with van der Waals surface area (Å²) in [6.45, 7) is 9.65. The standard InChI is InChI=1S/C10H14BrN3/c1-4-14(7-8(2)3)10-12-5-9(11)6-13-10/h5-6H,2,4,7H2,1,3H3. The van der Waals surface area contributed by atoms with E-state index in [9.17, 15) is 0 Å². The lowest BCUT2D eigenvalue weighted by Crippen LogP contribution is -2.26. The smallest absolute Gasteiger partial charge is 0.225 e. The third kappa shape index (κ3) is 3.10. The second kappa shape index (κ2) is 5.10. The molecule has 76 valence electrons. The van der Waals surface area contributed by atoms with Crippen LogP contribution in [0.1, 0.15) is 13.8 Å². The second-order valence-corrected chi connectivity index (χ2v) is 4.09. The van der Waals surface area contributed by atoms with Gasteiger partial charge in [-0.2, -0.15) is 0 Å². The first-order valence-corrected chi connectivity index (χ1v) is 5.29. The molecule has 14 heavy (non-hydrogen) atoms. The second-order valence-electron chi connectivity index (χ2n) is 3.17. The van der Waals surface area contributed by atoms with Crippen LogP contribution in [0.3, 0.4) is 0 Å². The van der Waals surface area contributed by atoms with E-state index in [1.165, 1.54) is 0 Å². The van der Waals surface area contributed by atoms with Crippen LogP contribution in [0.5, 0.6) is 0 Å². The van der Waals surface area contributed by atoms with Gasteiger partial charge in [0.05, 0.1) is 4.47 Å². The van der Waals surface area contributed by atoms with Gasteiger partial charge in [-0.25, -0.2) is 9.97 Å². The zero-order valence-corrected chi connectivity index (χ0v) is 10.1. The first-order chi connectivity index (χ1) is 6.63. The number of hydrogen-bond acceptors (Lipinski definition) is 3. The molecule has 1 aromatic heterocycles. The third-order valence-corrected chi connectivity index (χ3v) is 2.14. The van der Waals surface area contributed by atoms with Crippen LogP contribution in [0.2, 0.25) is 0 Å². The van der Waals surface area contributed by atoms with Crippen LogP contribution in [0.25, 0.3) is 0 Å². The molecule has 0 N–H and O–H groups in total. The molecule has 1 rings (SSSR count). The van der Waals surface area contributed by atoms with Crippen molar-refractivity contribution in [2.45, 2.75) is 13.8 Å². The monoisotopic (exact) mass is 255 g/mol. The first-order valence-electron chi connectivity index (χ1n) is 4.50. The highest BCUT2D eigenvalue weighted by molar-refractivity contribution is 9.10. The van der Waals surface area contributed by atoms with Crippen molar-refractivity contribution in [1.29, 1.82) is 0 Å². The van der Waals surface area contributed by atoms with Crippen molar-refractivity contribution in [2.75, 3.05) is 18.0 Å². The summed E-state index contributed by atoms with van der Waals surface area (Å²) in [4.78, 5) is 10.5. The minimum atomic E-state index is 0.749. The lowest BCUT2D eigenvalue weighted by Gasteiger charge is -2.20. The number of anilines is 1. The van der Waals surface area contributed by atoms with Gasteiger partial charge < -0.3 is 4.90 Å². The molecule has 0 bridgehead atoms. The van der Waals surface area contributed by atoms with Gasteiger partial charge in [0.25, 0.3) is 0 Å². The van der Waals surface area contributed by atoms with Gasteiger partial charge in [0.1, 0.15) is 0 Å². The summed E-state index contributed by atoms with van der Waals surface area (Å²) < 4.78 is 0.896. The maximum absolute atomic E-state index is 4.23. The summed E-state index contributed by atoms with van der Waals surface area (Å²) in [5.74, 6) is 0.749. The minimum Gasteiger partial charge on any atom is -0.337 e. The molecule has 4 heteroatoms. The third-order valence-electron chi connectivity index (χ3n) is 1.73. The number of nitrogens with zero attached hydrogens (tertiary/aromatic N) is 3. The molecule has 0 radical (unpaired) electrons. The number of rotatable bonds is 4. The van der Waals surface area contributed by atoms with Crippen LogP contribution in [-0.2, 0) is 0 Å². The highest BCUT2D eigenvalue weighted by atomic mass is 79.9. The van der Waals surface area contributed by atoms with Crippen molar-refractivity contribution in [3.8, 4) is 0 Å². The average molecular weight is 256 g/mol. The topological polar surface area (TPSA) is 29.0 Å². The molecule has 0 spiro atoms. The Morgan fingerprint density at radius 2 is 2.07 bits per heavy atom. The normalized spacial score (nSPS) is 9.93. The summed E-state index contributed by atoms with van der Waals surface area (Å²) in [5.41, 5.74) is 1.11. The summed E-state index contributed by atoms with van der Waals surface area (Å²) in [7, 11) is 0. The Balaban J connectivity index is 2.78. The van der Waals surface area contributed by atoms with E-state index < -0.39 is 0 Å². The molecule has 0 saturated carbocycles. The highest BCUT2D eigenvalue weighted by Crippen LogP contribution is 2.11. The van der Waals surface area contributed by atoms with E-state index in [4.69, 9.17) is 0 Å². The zero-order chi connectivity index (χ0) is 10.6. The molecule has 1 heterocycles. The Hall–Kier alpha value is -0.900. The van der Waals surface area contributed by atoms with Gasteiger partial charge in [-0.05, 0) is 29.8 Å². The SMILES string of the molecule is C=C(C)CN(CC)c1ncc(Br)cn1. The molecule has 0 saturated heterocycles. The van der Waals surface area contributed by atoms with E-state index in [1.54, 1.807) is 12.4 Å². The Kier molecular flexibility index (Phi) is 4.07. The molecule has 1 aromatic rings. The molecular weight excluding hydrogens is 242 g/mol. The van der Waals surface area contributed by atoms with Crippen LogP contribution in [0, 0.1) is 0 Å². The zero-order valence-electron chi connectivity index (χ0n) is 8.50. The van der Waals surface area contributed by atoms with Crippen molar-refractivity contribution < 1.29 is 0 Å². The molecule has 0 fully saturated rings. The van der Waals surface area contributed by atoms with E-state index in [2.05, 4.69) is 44.3 Å². The Labute approximate surface area is 93.0 Å². The molecule has 0 aromatic carbocycles. The lowest BCUT2D eigenvalue weighted by atomic mass is 10.3. The van der Waals surface area contributed by atoms with E-state index in [1.807, 2.05) is 6.92 Å². The quantitative estimate of drug-likeness (QED) is 0.775. The van der Waals surface area contributed by atoms with E-state index in [0.29, 0.717) is 0 Å². The molecular formula is C10H14BrN3. The Morgan fingerprint density at radius 1 is 1.50 bits per heavy atom. The van der Waals surface area contributed by atoms with Gasteiger partial charge in [0.15, 0.2) is 0 Å². The van der Waals surface area contributed by atoms with E-state index >= 15 is 0 Å². The van der Waals surface area contributed by atoms with Gasteiger partial charge in [-0.15, -0.1) is 0 Å². The van der Waals surface area contributed by atoms with Crippen LogP contribution in [0.4, 0.5) is 5.95 Å². The van der Waals surface area contributed by atoms with Crippen LogP contribution in [0.15, 0.2) is 29.0 Å². The maximum Gasteiger partial charge on any atom is 0.225 e. The van der Waals surface area contributed by atoms with E-state index in [0.717, 1.165) is 29.1 Å². The van der Waals surface area contributed by atoms with Crippen molar-refractivity contribution >= 4 is 21.9 Å². The number of hydrogen-bond donors (Lipinski definition) is 0. The van der Waals surface area contributed by atoms with Crippen molar-refractivity contribution in [3.63, 3.8) is 0 Å². The summed E-state index contributed by atoms with van der Waals surface area (Å²) >= 11 is 3.31. The van der Waals surface area contributed by atoms with Gasteiger partial charge >= 0.3 is 0 Å². The largest absolute Gasteiger partial charge is 0.337 e. The summed E-state index contributed by atoms with van der Waals surface area (Å²) in [6, 6.07) is 0. The predicted molar refractivity (Wildman–Crippen MR) is 62.4 cm³/mol. The van der Waals surface area contributed by atoms with Crippen LogP contribution < -0.4 is 4.90 Å². The van der Waals surface area contributed by atoms with Crippen LogP contribution >= 0.6 is 15.9 Å². The van der Waals surface area contributed by atoms with Crippen molar-refractivity contribution in [3.05, 3.63) is 29.0 Å². The average Bonchev–Trinajstić information content (AvgIpc) is 2.15. The molecule has 0 amide bonds. The minimum absolute atomic E-state index is 0.749. The Bertz CT molecular complexity index is 308. The van der Waals surface area contributed by atoms with Gasteiger partial charge in [-0.1, -0.05) is 12.2 Å². The fourth-order valence-corrected chi connectivity index (χ4v) is 1.32. The molecule has 0 atom stereocenters. The molecule has 0 unspecified atom stereocenters. The molecule has 3 nitrogen and oxygen atoms in total. The fourth-order valence-electron chi connectivity index (χ4n) is 1.12. The maximum atomic E-state index is 4.23. The van der Waals surface area contributed by atoms with Crippen molar-refractivity contribution in [1.82, 2.24) is 9.97 Å². The lowest BCUT2D eigenvalue weighted by molar-refractivity contribution is 0.832. The van der Waals surface area contributed by atoms with Gasteiger partial charge in [-0.3, -0.25) is 0 Å². The number of likely N-dealkylation sites (N-methyl/N-ethyl adjacent to an activating group) is 1. The fraction of sp³-hybridized carbons (Fsp3) is 0.400. The number of halogens is 1.